The van der Waals surface area contributed by atoms with Gasteiger partial charge in [0.2, 0.25) is 0 Å². The molecule has 0 spiro atoms. The maximum atomic E-state index is 7.50. The molecule has 6 nitrogen and oxygen atoms in total. The third-order valence-corrected chi connectivity index (χ3v) is 5.32. The number of benzene rings is 2. The van der Waals surface area contributed by atoms with E-state index in [1.807, 2.05) is 0 Å². The van der Waals surface area contributed by atoms with Crippen molar-refractivity contribution in [1.82, 2.24) is 0 Å². The summed E-state index contributed by atoms with van der Waals surface area (Å²) in [5.74, 6) is 0. The van der Waals surface area contributed by atoms with Crippen molar-refractivity contribution in [2.45, 2.75) is 26.4 Å². The van der Waals surface area contributed by atoms with Crippen LogP contribution >= 0.6 is 8.15 Å². The Morgan fingerprint density at radius 2 is 0.839 bits per heavy atom. The molecule has 0 amide bonds. The van der Waals surface area contributed by atoms with Gasteiger partial charge in [0.15, 0.2) is 0 Å². The molecular formula is C23H19O6PW. The third-order valence-electron chi connectivity index (χ3n) is 3.04. The molecule has 2 aromatic carbocycles. The zero-order chi connectivity index (χ0) is 24.2. The van der Waals surface area contributed by atoms with E-state index >= 15 is 0 Å². The normalized spacial score (nSPS) is 10.4. The van der Waals surface area contributed by atoms with Crippen LogP contribution in [0.3, 0.4) is 0 Å². The van der Waals surface area contributed by atoms with Gasteiger partial charge in [-0.3, -0.25) is 0 Å². The summed E-state index contributed by atoms with van der Waals surface area (Å²) < 4.78 is 43.8. The maximum Gasteiger partial charge on any atom is 0 e. The molecule has 0 aliphatic carbocycles. The van der Waals surface area contributed by atoms with Gasteiger partial charge in [0.1, 0.15) is 0 Å². The van der Waals surface area contributed by atoms with Gasteiger partial charge in [-0.05, 0) is 31.9 Å². The Hall–Kier alpha value is -2.04. The molecule has 0 aromatic heterocycles. The van der Waals surface area contributed by atoms with E-state index in [0.29, 0.717) is 0 Å². The van der Waals surface area contributed by atoms with E-state index in [4.69, 9.17) is 27.8 Å². The van der Waals surface area contributed by atoms with Gasteiger partial charge in [-0.25, -0.2) is 0 Å². The van der Waals surface area contributed by atoms with Gasteiger partial charge in [0, 0.05) is 31.7 Å². The van der Waals surface area contributed by atoms with E-state index in [1.54, 1.807) is 0 Å². The fraction of sp³-hybridized carbons (Fsp3) is 0.174. The minimum atomic E-state index is -0.585. The van der Waals surface area contributed by atoms with Gasteiger partial charge in [0.25, 0.3) is 0 Å². The van der Waals surface area contributed by atoms with Crippen LogP contribution in [0.1, 0.15) is 31.9 Å². The van der Waals surface area contributed by atoms with Gasteiger partial charge in [-0.2, -0.15) is 0 Å². The SMILES string of the molecule is CC(C)(C)OP1C(c2ccccc2)=C1c1ccccc1.[C-]#[O+].[C-]#[O+].[C-]#[O+].[C-]#[O+].[C-]#[O+].[W]. The molecule has 0 bridgehead atoms. The maximum absolute atomic E-state index is 7.50. The summed E-state index contributed by atoms with van der Waals surface area (Å²) in [6.45, 7) is 28.9. The Balaban J connectivity index is -0.000000293. The van der Waals surface area contributed by atoms with E-state index in [0.717, 1.165) is 0 Å². The standard InChI is InChI=1S/C18H19OP.5CO.W/c1-18(2,3)19-20-16(14-10-6-4-7-11-14)17(20)15-12-8-5-9-13-15;5*1-2;/h4-13H,1-3H3;;;;;;. The fourth-order valence-electron chi connectivity index (χ4n) is 2.22. The first-order chi connectivity index (χ1) is 14.6. The number of hydrogen-bond donors (Lipinski definition) is 0. The molecule has 158 valence electrons. The second kappa shape index (κ2) is 22.6. The first-order valence-corrected chi connectivity index (χ1v) is 9.19. The van der Waals surface area contributed by atoms with Crippen LogP contribution in [0.5, 0.6) is 0 Å². The summed E-state index contributed by atoms with van der Waals surface area (Å²) in [6.07, 6.45) is 0. The summed E-state index contributed by atoms with van der Waals surface area (Å²) in [5, 5.41) is 2.78. The quantitative estimate of drug-likeness (QED) is 0.255. The molecule has 1 heterocycles. The van der Waals surface area contributed by atoms with Crippen LogP contribution in [0.15, 0.2) is 60.7 Å². The van der Waals surface area contributed by atoms with Crippen LogP contribution in [0.2, 0.25) is 0 Å². The minimum Gasteiger partial charge on any atom is 0 e. The summed E-state index contributed by atoms with van der Waals surface area (Å²) in [5.41, 5.74) is 2.48. The Kier molecular flexibility index (Phi) is 26.5. The van der Waals surface area contributed by atoms with Crippen molar-refractivity contribution < 1.29 is 48.8 Å². The van der Waals surface area contributed by atoms with Crippen LogP contribution in [0.4, 0.5) is 0 Å². The molecule has 0 saturated carbocycles. The predicted molar refractivity (Wildman–Crippen MR) is 107 cm³/mol. The summed E-state index contributed by atoms with van der Waals surface area (Å²) in [4.78, 5) is 0. The van der Waals surface area contributed by atoms with Gasteiger partial charge in [-0.1, -0.05) is 60.7 Å². The largest absolute Gasteiger partial charge is 0 e. The Morgan fingerprint density at radius 1 is 0.581 bits per heavy atom. The zero-order valence-corrected chi connectivity index (χ0v) is 20.9. The van der Waals surface area contributed by atoms with Crippen molar-refractivity contribution in [3.8, 4) is 0 Å². The van der Waals surface area contributed by atoms with E-state index < -0.39 is 8.15 Å². The second-order valence-electron chi connectivity index (χ2n) is 5.93. The van der Waals surface area contributed by atoms with Gasteiger partial charge in [-0.15, -0.1) is 0 Å². The van der Waals surface area contributed by atoms with Crippen molar-refractivity contribution in [2.24, 2.45) is 0 Å². The zero-order valence-electron chi connectivity index (χ0n) is 17.1. The van der Waals surface area contributed by atoms with E-state index in [9.17, 15) is 0 Å². The second-order valence-corrected chi connectivity index (χ2v) is 7.59. The molecule has 0 atom stereocenters. The first-order valence-electron chi connectivity index (χ1n) is 7.93. The van der Waals surface area contributed by atoms with Gasteiger partial charge < -0.3 is 4.52 Å². The van der Waals surface area contributed by atoms with E-state index in [1.165, 1.54) is 21.8 Å². The van der Waals surface area contributed by atoms with E-state index in [2.05, 4.69) is 115 Å². The number of rotatable bonds is 3. The van der Waals surface area contributed by atoms with Crippen molar-refractivity contribution >= 4 is 18.8 Å². The van der Waals surface area contributed by atoms with Crippen LogP contribution in [0, 0.1) is 33.3 Å². The van der Waals surface area contributed by atoms with Crippen molar-refractivity contribution in [3.05, 3.63) is 105 Å². The molecule has 3 rings (SSSR count). The fourth-order valence-corrected chi connectivity index (χ4v) is 4.39. The topological polar surface area (TPSA) is 109 Å². The third kappa shape index (κ3) is 13.8. The van der Waals surface area contributed by atoms with Gasteiger partial charge >= 0.3 is 56.5 Å². The predicted octanol–water partition coefficient (Wildman–Crippen LogP) is 5.55. The molecule has 2 aromatic rings. The molecule has 1 aliphatic rings. The molecule has 0 N–H and O–H groups in total. The summed E-state index contributed by atoms with van der Waals surface area (Å²) in [7, 11) is -0.585. The molecule has 31 heavy (non-hydrogen) atoms. The van der Waals surface area contributed by atoms with Crippen molar-refractivity contribution in [1.29, 1.82) is 0 Å². The first kappa shape index (κ1) is 36.3. The Labute approximate surface area is 198 Å². The molecule has 8 heteroatoms. The van der Waals surface area contributed by atoms with Crippen LogP contribution < -0.4 is 0 Å². The minimum absolute atomic E-state index is 0. The molecule has 1 aliphatic heterocycles. The van der Waals surface area contributed by atoms with Crippen LogP contribution in [0.25, 0.3) is 10.6 Å². The van der Waals surface area contributed by atoms with Crippen molar-refractivity contribution in [2.75, 3.05) is 0 Å². The smallest absolute Gasteiger partial charge is 0 e. The molecule has 0 fully saturated rings. The molecule has 0 unspecified atom stereocenters. The summed E-state index contributed by atoms with van der Waals surface area (Å²) >= 11 is 0. The number of hydrogen-bond acceptors (Lipinski definition) is 1. The Bertz CT molecular complexity index is 763. The van der Waals surface area contributed by atoms with Crippen molar-refractivity contribution in [3.63, 3.8) is 0 Å². The summed E-state index contributed by atoms with van der Waals surface area (Å²) in [6, 6.07) is 21.2. The average Bonchev–Trinajstić information content (AvgIpc) is 3.53. The van der Waals surface area contributed by atoms with Crippen LogP contribution in [-0.2, 0) is 48.8 Å². The molecule has 0 radical (unpaired) electrons. The monoisotopic (exact) mass is 606 g/mol. The van der Waals surface area contributed by atoms with E-state index in [-0.39, 0.29) is 26.7 Å². The molecular weight excluding hydrogens is 587 g/mol. The van der Waals surface area contributed by atoms with Crippen LogP contribution in [-0.4, -0.2) is 5.60 Å². The molecule has 0 saturated heterocycles. The van der Waals surface area contributed by atoms with Gasteiger partial charge in [0.05, 0.1) is 13.7 Å². The average molecular weight is 606 g/mol. The Morgan fingerprint density at radius 3 is 1.06 bits per heavy atom.